The van der Waals surface area contributed by atoms with Crippen LogP contribution in [0.2, 0.25) is 0 Å². The summed E-state index contributed by atoms with van der Waals surface area (Å²) in [5.41, 5.74) is 0.744. The predicted octanol–water partition coefficient (Wildman–Crippen LogP) is 4.89. The normalized spacial score (nSPS) is 21.7. The van der Waals surface area contributed by atoms with Gasteiger partial charge in [-0.15, -0.1) is 0 Å². The van der Waals surface area contributed by atoms with Gasteiger partial charge in [-0.25, -0.2) is 0 Å². The van der Waals surface area contributed by atoms with Crippen molar-refractivity contribution < 1.29 is 27.4 Å². The van der Waals surface area contributed by atoms with Gasteiger partial charge in [-0.1, -0.05) is 35.9 Å². The lowest BCUT2D eigenvalue weighted by atomic mass is 9.86. The van der Waals surface area contributed by atoms with Crippen molar-refractivity contribution in [1.82, 2.24) is 10.2 Å². The number of aryl methyl sites for hydroxylation is 1. The third-order valence-electron chi connectivity index (χ3n) is 6.88. The standard InChI is InChI=1S/C26H31F3N2O3/c1-18-6-8-20(9-7-18)19(2)30-24(32)25(11-14-33-15-12-25)31-13-10-23(17-31)34-22-5-3-4-21(16-22)26(27,28)29/h3-9,16,19,23H,10-15,17H2,1-2H3,(H,30,32)/t19-,23?/m0/s1. The van der Waals surface area contributed by atoms with Gasteiger partial charge >= 0.3 is 6.18 Å². The second-order valence-electron chi connectivity index (χ2n) is 9.25. The molecular weight excluding hydrogens is 445 g/mol. The highest BCUT2D eigenvalue weighted by atomic mass is 19.4. The number of likely N-dealkylation sites (tertiary alicyclic amines) is 1. The largest absolute Gasteiger partial charge is 0.489 e. The monoisotopic (exact) mass is 476 g/mol. The Bertz CT molecular complexity index is 988. The van der Waals surface area contributed by atoms with Crippen molar-refractivity contribution in [2.45, 2.75) is 57.0 Å². The Hall–Kier alpha value is -2.58. The van der Waals surface area contributed by atoms with Gasteiger partial charge in [-0.3, -0.25) is 9.69 Å². The smallest absolute Gasteiger partial charge is 0.416 e. The van der Waals surface area contributed by atoms with Crippen LogP contribution in [0.5, 0.6) is 5.75 Å². The van der Waals surface area contributed by atoms with Crippen LogP contribution in [0.3, 0.4) is 0 Å². The van der Waals surface area contributed by atoms with Gasteiger partial charge in [0.05, 0.1) is 11.6 Å². The van der Waals surface area contributed by atoms with Crippen molar-refractivity contribution in [3.63, 3.8) is 0 Å². The molecule has 2 aromatic rings. The van der Waals surface area contributed by atoms with E-state index in [0.29, 0.717) is 45.6 Å². The first kappa shape index (κ1) is 24.5. The van der Waals surface area contributed by atoms with Gasteiger partial charge in [0.1, 0.15) is 17.4 Å². The number of carbonyl (C=O) groups excluding carboxylic acids is 1. The lowest BCUT2D eigenvalue weighted by Gasteiger charge is -2.43. The van der Waals surface area contributed by atoms with E-state index < -0.39 is 17.3 Å². The molecule has 2 aliphatic rings. The average Bonchev–Trinajstić information content (AvgIpc) is 3.28. The van der Waals surface area contributed by atoms with E-state index in [-0.39, 0.29) is 23.8 Å². The van der Waals surface area contributed by atoms with Crippen LogP contribution < -0.4 is 10.1 Å². The van der Waals surface area contributed by atoms with Crippen molar-refractivity contribution >= 4 is 5.91 Å². The summed E-state index contributed by atoms with van der Waals surface area (Å²) in [6.07, 6.45) is -2.93. The van der Waals surface area contributed by atoms with Crippen LogP contribution in [0, 0.1) is 6.92 Å². The van der Waals surface area contributed by atoms with Crippen molar-refractivity contribution in [2.75, 3.05) is 26.3 Å². The van der Waals surface area contributed by atoms with Gasteiger partial charge in [0, 0.05) is 26.3 Å². The number of ether oxygens (including phenoxy) is 2. The lowest BCUT2D eigenvalue weighted by Crippen LogP contribution is -2.61. The maximum atomic E-state index is 13.6. The molecule has 2 heterocycles. The Labute approximate surface area is 198 Å². The molecule has 34 heavy (non-hydrogen) atoms. The molecule has 5 nitrogen and oxygen atoms in total. The third-order valence-corrected chi connectivity index (χ3v) is 6.88. The maximum absolute atomic E-state index is 13.6. The summed E-state index contributed by atoms with van der Waals surface area (Å²) in [6, 6.07) is 12.9. The van der Waals surface area contributed by atoms with Gasteiger partial charge in [0.2, 0.25) is 5.91 Å². The molecule has 2 atom stereocenters. The van der Waals surface area contributed by atoms with Crippen molar-refractivity contribution in [1.29, 1.82) is 0 Å². The molecule has 1 unspecified atom stereocenters. The maximum Gasteiger partial charge on any atom is 0.416 e. The molecule has 0 aromatic heterocycles. The lowest BCUT2D eigenvalue weighted by molar-refractivity contribution is -0.141. The SMILES string of the molecule is Cc1ccc([C@H](C)NC(=O)C2(N3CCC(Oc4cccc(C(F)(F)F)c4)C3)CCOCC2)cc1. The summed E-state index contributed by atoms with van der Waals surface area (Å²) >= 11 is 0. The van der Waals surface area contributed by atoms with Crippen LogP contribution >= 0.6 is 0 Å². The Morgan fingerprint density at radius 2 is 1.88 bits per heavy atom. The van der Waals surface area contributed by atoms with Crippen LogP contribution in [0.15, 0.2) is 48.5 Å². The Balaban J connectivity index is 1.45. The number of hydrogen-bond donors (Lipinski definition) is 1. The van der Waals surface area contributed by atoms with E-state index in [2.05, 4.69) is 10.2 Å². The van der Waals surface area contributed by atoms with Crippen LogP contribution in [0.25, 0.3) is 0 Å². The molecule has 2 aromatic carbocycles. The second-order valence-corrected chi connectivity index (χ2v) is 9.25. The zero-order chi connectivity index (χ0) is 24.3. The molecule has 0 saturated carbocycles. The fourth-order valence-electron chi connectivity index (χ4n) is 4.82. The van der Waals surface area contributed by atoms with Crippen LogP contribution in [-0.2, 0) is 15.7 Å². The van der Waals surface area contributed by atoms with Gasteiger partial charge < -0.3 is 14.8 Å². The highest BCUT2D eigenvalue weighted by Gasteiger charge is 2.48. The molecule has 2 fully saturated rings. The molecule has 4 rings (SSSR count). The number of hydrogen-bond acceptors (Lipinski definition) is 4. The van der Waals surface area contributed by atoms with E-state index in [1.807, 2.05) is 38.1 Å². The summed E-state index contributed by atoms with van der Waals surface area (Å²) in [4.78, 5) is 15.7. The highest BCUT2D eigenvalue weighted by Crippen LogP contribution is 2.35. The summed E-state index contributed by atoms with van der Waals surface area (Å²) in [7, 11) is 0. The fraction of sp³-hybridized carbons (Fsp3) is 0.500. The number of carbonyl (C=O) groups is 1. The number of nitrogens with zero attached hydrogens (tertiary/aromatic N) is 1. The van der Waals surface area contributed by atoms with Crippen LogP contribution in [-0.4, -0.2) is 48.8 Å². The zero-order valence-corrected chi connectivity index (χ0v) is 19.5. The number of benzene rings is 2. The number of nitrogens with one attached hydrogen (secondary N) is 1. The van der Waals surface area contributed by atoms with E-state index in [4.69, 9.17) is 9.47 Å². The molecule has 0 bridgehead atoms. The Kier molecular flexibility index (Phi) is 7.19. The molecule has 1 N–H and O–H groups in total. The molecule has 0 spiro atoms. The van der Waals surface area contributed by atoms with Gasteiger partial charge in [0.25, 0.3) is 0 Å². The summed E-state index contributed by atoms with van der Waals surface area (Å²) in [6.45, 7) is 6.08. The topological polar surface area (TPSA) is 50.8 Å². The van der Waals surface area contributed by atoms with E-state index in [1.165, 1.54) is 12.1 Å². The minimum Gasteiger partial charge on any atom is -0.489 e. The molecular formula is C26H31F3N2O3. The molecule has 184 valence electrons. The van der Waals surface area contributed by atoms with Gasteiger partial charge in [-0.2, -0.15) is 13.2 Å². The Morgan fingerprint density at radius 1 is 1.18 bits per heavy atom. The number of rotatable bonds is 6. The first-order valence-electron chi connectivity index (χ1n) is 11.7. The summed E-state index contributed by atoms with van der Waals surface area (Å²) in [5, 5.41) is 3.19. The van der Waals surface area contributed by atoms with E-state index in [1.54, 1.807) is 0 Å². The molecule has 1 amide bonds. The van der Waals surface area contributed by atoms with E-state index >= 15 is 0 Å². The molecule has 0 radical (unpaired) electrons. The van der Waals surface area contributed by atoms with E-state index in [0.717, 1.165) is 23.3 Å². The number of amides is 1. The van der Waals surface area contributed by atoms with Crippen LogP contribution in [0.1, 0.15) is 48.9 Å². The molecule has 0 aliphatic carbocycles. The third kappa shape index (κ3) is 5.39. The van der Waals surface area contributed by atoms with Crippen molar-refractivity contribution in [3.8, 4) is 5.75 Å². The van der Waals surface area contributed by atoms with E-state index in [9.17, 15) is 18.0 Å². The molecule has 2 saturated heterocycles. The van der Waals surface area contributed by atoms with Crippen LogP contribution in [0.4, 0.5) is 13.2 Å². The number of halogens is 3. The minimum absolute atomic E-state index is 0.0383. The average molecular weight is 477 g/mol. The second kappa shape index (κ2) is 9.96. The van der Waals surface area contributed by atoms with Crippen molar-refractivity contribution in [3.05, 3.63) is 65.2 Å². The quantitative estimate of drug-likeness (QED) is 0.645. The number of alkyl halides is 3. The Morgan fingerprint density at radius 3 is 2.56 bits per heavy atom. The predicted molar refractivity (Wildman–Crippen MR) is 123 cm³/mol. The zero-order valence-electron chi connectivity index (χ0n) is 19.5. The van der Waals surface area contributed by atoms with Crippen molar-refractivity contribution in [2.24, 2.45) is 0 Å². The molecule has 8 heteroatoms. The molecule has 2 aliphatic heterocycles. The minimum atomic E-state index is -4.42. The summed E-state index contributed by atoms with van der Waals surface area (Å²) in [5.74, 6) is 0.156. The first-order valence-corrected chi connectivity index (χ1v) is 11.7. The highest BCUT2D eigenvalue weighted by molar-refractivity contribution is 5.87. The fourth-order valence-corrected chi connectivity index (χ4v) is 4.82. The first-order chi connectivity index (χ1) is 16.2. The summed E-state index contributed by atoms with van der Waals surface area (Å²) < 4.78 is 50.6. The van der Waals surface area contributed by atoms with Gasteiger partial charge in [0.15, 0.2) is 0 Å². The van der Waals surface area contributed by atoms with Gasteiger partial charge in [-0.05, 0) is 56.9 Å².